The van der Waals surface area contributed by atoms with Crippen LogP contribution in [0.5, 0.6) is 17.2 Å². The van der Waals surface area contributed by atoms with Gasteiger partial charge in [-0.1, -0.05) is 18.2 Å². The molecule has 1 fully saturated rings. The molecule has 2 unspecified atom stereocenters. The third kappa shape index (κ3) is 3.63. The molecule has 0 spiro atoms. The zero-order chi connectivity index (χ0) is 19.6. The van der Waals surface area contributed by atoms with Crippen molar-refractivity contribution in [1.29, 1.82) is 0 Å². The van der Waals surface area contributed by atoms with Crippen LogP contribution in [0.3, 0.4) is 0 Å². The number of benzene rings is 2. The molecule has 29 heavy (non-hydrogen) atoms. The summed E-state index contributed by atoms with van der Waals surface area (Å²) in [6, 6.07) is 13.3. The monoisotopic (exact) mass is 397 g/mol. The van der Waals surface area contributed by atoms with Crippen molar-refractivity contribution in [2.24, 2.45) is 0 Å². The van der Waals surface area contributed by atoms with E-state index in [1.54, 1.807) is 4.90 Å². The lowest BCUT2D eigenvalue weighted by Crippen LogP contribution is -2.42. The molecular formula is C22H23NO6. The SMILES string of the molecule is O=C1C(COc2ccc3c(c2)OCCO3)c2ccccc2N1CC1COCCO1. The van der Waals surface area contributed by atoms with Gasteiger partial charge in [-0.05, 0) is 23.8 Å². The van der Waals surface area contributed by atoms with Crippen LogP contribution in [0.15, 0.2) is 42.5 Å². The van der Waals surface area contributed by atoms with E-state index in [0.717, 1.165) is 11.3 Å². The van der Waals surface area contributed by atoms with Gasteiger partial charge in [0, 0.05) is 11.8 Å². The Labute approximate surface area is 169 Å². The number of anilines is 1. The first-order valence-corrected chi connectivity index (χ1v) is 9.92. The summed E-state index contributed by atoms with van der Waals surface area (Å²) in [4.78, 5) is 15.0. The van der Waals surface area contributed by atoms with E-state index in [4.69, 9.17) is 23.7 Å². The number of hydrogen-bond donors (Lipinski definition) is 0. The number of amides is 1. The second kappa shape index (κ2) is 7.93. The molecule has 7 nitrogen and oxygen atoms in total. The van der Waals surface area contributed by atoms with Crippen LogP contribution in [-0.4, -0.2) is 58.2 Å². The molecule has 0 N–H and O–H groups in total. The van der Waals surface area contributed by atoms with E-state index < -0.39 is 0 Å². The first-order chi connectivity index (χ1) is 14.3. The predicted octanol–water partition coefficient (Wildman–Crippen LogP) is 2.38. The zero-order valence-corrected chi connectivity index (χ0v) is 16.0. The largest absolute Gasteiger partial charge is 0.492 e. The smallest absolute Gasteiger partial charge is 0.238 e. The van der Waals surface area contributed by atoms with Crippen molar-refractivity contribution in [2.75, 3.05) is 51.1 Å². The van der Waals surface area contributed by atoms with E-state index in [9.17, 15) is 4.79 Å². The quantitative estimate of drug-likeness (QED) is 0.772. The fourth-order valence-electron chi connectivity index (χ4n) is 3.96. The normalized spacial score (nSPS) is 23.0. The van der Waals surface area contributed by atoms with Crippen LogP contribution in [0.25, 0.3) is 0 Å². The van der Waals surface area contributed by atoms with E-state index >= 15 is 0 Å². The van der Waals surface area contributed by atoms with Crippen LogP contribution >= 0.6 is 0 Å². The van der Waals surface area contributed by atoms with E-state index in [0.29, 0.717) is 56.8 Å². The number of carbonyl (C=O) groups excluding carboxylic acids is 1. The highest BCUT2D eigenvalue weighted by Gasteiger charge is 2.39. The molecule has 0 aromatic heterocycles. The topological polar surface area (TPSA) is 66.5 Å². The van der Waals surface area contributed by atoms with Crippen molar-refractivity contribution in [1.82, 2.24) is 0 Å². The van der Waals surface area contributed by atoms with Crippen molar-refractivity contribution in [3.63, 3.8) is 0 Å². The summed E-state index contributed by atoms with van der Waals surface area (Å²) in [6.07, 6.45) is -0.113. The summed E-state index contributed by atoms with van der Waals surface area (Å²) in [5, 5.41) is 0. The summed E-state index contributed by atoms with van der Waals surface area (Å²) in [5.41, 5.74) is 1.90. The van der Waals surface area contributed by atoms with Gasteiger partial charge in [0.05, 0.1) is 38.4 Å². The van der Waals surface area contributed by atoms with Crippen LogP contribution in [0, 0.1) is 0 Å². The van der Waals surface area contributed by atoms with E-state index in [-0.39, 0.29) is 24.5 Å². The summed E-state index contributed by atoms with van der Waals surface area (Å²) in [6.45, 7) is 3.48. The highest BCUT2D eigenvalue weighted by atomic mass is 16.6. The fourth-order valence-corrected chi connectivity index (χ4v) is 3.96. The highest BCUT2D eigenvalue weighted by Crippen LogP contribution is 2.39. The Morgan fingerprint density at radius 1 is 1.00 bits per heavy atom. The Morgan fingerprint density at radius 3 is 2.72 bits per heavy atom. The van der Waals surface area contributed by atoms with Gasteiger partial charge in [0.2, 0.25) is 5.91 Å². The zero-order valence-electron chi connectivity index (χ0n) is 16.0. The van der Waals surface area contributed by atoms with Crippen molar-refractivity contribution in [3.05, 3.63) is 48.0 Å². The molecule has 3 aliphatic rings. The molecule has 7 heteroatoms. The van der Waals surface area contributed by atoms with Gasteiger partial charge in [0.15, 0.2) is 11.5 Å². The molecule has 152 valence electrons. The van der Waals surface area contributed by atoms with Crippen molar-refractivity contribution in [3.8, 4) is 17.2 Å². The fraction of sp³-hybridized carbons (Fsp3) is 0.409. The Balaban J connectivity index is 1.31. The number of hydrogen-bond acceptors (Lipinski definition) is 6. The molecule has 2 atom stereocenters. The van der Waals surface area contributed by atoms with Gasteiger partial charge in [-0.2, -0.15) is 0 Å². The van der Waals surface area contributed by atoms with Gasteiger partial charge in [0.1, 0.15) is 25.6 Å². The van der Waals surface area contributed by atoms with Crippen LogP contribution in [0.4, 0.5) is 5.69 Å². The minimum atomic E-state index is -0.357. The molecule has 2 aromatic rings. The second-order valence-electron chi connectivity index (χ2n) is 7.24. The van der Waals surface area contributed by atoms with Gasteiger partial charge < -0.3 is 28.6 Å². The summed E-state index contributed by atoms with van der Waals surface area (Å²) in [5.74, 6) is 1.71. The number of ether oxygens (including phenoxy) is 5. The summed E-state index contributed by atoms with van der Waals surface area (Å²) in [7, 11) is 0. The first kappa shape index (κ1) is 18.3. The molecule has 0 bridgehead atoms. The van der Waals surface area contributed by atoms with Crippen LogP contribution in [-0.2, 0) is 14.3 Å². The Hall–Kier alpha value is -2.77. The second-order valence-corrected chi connectivity index (χ2v) is 7.24. The lowest BCUT2D eigenvalue weighted by molar-refractivity contribution is -0.121. The predicted molar refractivity (Wildman–Crippen MR) is 105 cm³/mol. The van der Waals surface area contributed by atoms with Gasteiger partial charge in [-0.25, -0.2) is 0 Å². The Kier molecular flexibility index (Phi) is 4.99. The molecule has 1 amide bonds. The Bertz CT molecular complexity index is 895. The molecular weight excluding hydrogens is 374 g/mol. The summed E-state index contributed by atoms with van der Waals surface area (Å²) >= 11 is 0. The lowest BCUT2D eigenvalue weighted by Gasteiger charge is -2.28. The number of rotatable bonds is 5. The van der Waals surface area contributed by atoms with E-state index in [2.05, 4.69) is 0 Å². The maximum absolute atomic E-state index is 13.2. The van der Waals surface area contributed by atoms with Gasteiger partial charge in [-0.3, -0.25) is 4.79 Å². The van der Waals surface area contributed by atoms with Crippen molar-refractivity contribution < 1.29 is 28.5 Å². The maximum Gasteiger partial charge on any atom is 0.238 e. The van der Waals surface area contributed by atoms with E-state index in [1.807, 2.05) is 42.5 Å². The van der Waals surface area contributed by atoms with Crippen molar-refractivity contribution in [2.45, 2.75) is 12.0 Å². The standard InChI is InChI=1S/C22H23NO6/c24-22-18(14-29-15-5-6-20-21(11-15)28-10-9-27-20)17-3-1-2-4-19(17)23(22)12-16-13-25-7-8-26-16/h1-6,11,16,18H,7-10,12-14H2. The third-order valence-corrected chi connectivity index (χ3v) is 5.37. The molecule has 0 radical (unpaired) electrons. The van der Waals surface area contributed by atoms with Gasteiger partial charge in [0.25, 0.3) is 0 Å². The molecule has 1 saturated heterocycles. The summed E-state index contributed by atoms with van der Waals surface area (Å²) < 4.78 is 28.4. The Morgan fingerprint density at radius 2 is 1.86 bits per heavy atom. The average molecular weight is 397 g/mol. The van der Waals surface area contributed by atoms with Crippen LogP contribution in [0.1, 0.15) is 11.5 Å². The van der Waals surface area contributed by atoms with Crippen LogP contribution in [0.2, 0.25) is 0 Å². The molecule has 5 rings (SSSR count). The number of fused-ring (bicyclic) bond motifs is 2. The van der Waals surface area contributed by atoms with Gasteiger partial charge >= 0.3 is 0 Å². The molecule has 3 aliphatic heterocycles. The lowest BCUT2D eigenvalue weighted by atomic mass is 10.0. The highest BCUT2D eigenvalue weighted by molar-refractivity contribution is 6.05. The number of nitrogens with zero attached hydrogens (tertiary/aromatic N) is 1. The van der Waals surface area contributed by atoms with Gasteiger partial charge in [-0.15, -0.1) is 0 Å². The van der Waals surface area contributed by atoms with E-state index in [1.165, 1.54) is 0 Å². The molecule has 3 heterocycles. The minimum absolute atomic E-state index is 0.0258. The minimum Gasteiger partial charge on any atom is -0.492 e. The van der Waals surface area contributed by atoms with Crippen LogP contribution < -0.4 is 19.1 Å². The van der Waals surface area contributed by atoms with Crippen molar-refractivity contribution >= 4 is 11.6 Å². The first-order valence-electron chi connectivity index (χ1n) is 9.92. The molecule has 2 aromatic carbocycles. The molecule has 0 aliphatic carbocycles. The average Bonchev–Trinajstić information content (AvgIpc) is 3.04. The number of para-hydroxylation sites is 1. The molecule has 0 saturated carbocycles. The third-order valence-electron chi connectivity index (χ3n) is 5.37. The maximum atomic E-state index is 13.2. The number of carbonyl (C=O) groups is 1.